The zero-order chi connectivity index (χ0) is 19.9. The summed E-state index contributed by atoms with van der Waals surface area (Å²) in [5.74, 6) is 0.730. The van der Waals surface area contributed by atoms with Crippen LogP contribution in [0.1, 0.15) is 31.7 Å². The molecule has 28 heavy (non-hydrogen) atoms. The summed E-state index contributed by atoms with van der Waals surface area (Å²) in [5, 5.41) is 2.20. The van der Waals surface area contributed by atoms with Crippen LogP contribution in [0.25, 0.3) is 10.8 Å². The number of amides is 1. The summed E-state index contributed by atoms with van der Waals surface area (Å²) in [6.45, 7) is 8.95. The molecule has 0 saturated carbocycles. The molecule has 3 aromatic rings. The third-order valence-electron chi connectivity index (χ3n) is 4.86. The summed E-state index contributed by atoms with van der Waals surface area (Å²) in [4.78, 5) is 15.1. The Balaban J connectivity index is 1.85. The Hall–Kier alpha value is -3.07. The molecule has 0 aliphatic carbocycles. The number of hydrogen-bond acceptors (Lipinski definition) is 2. The van der Waals surface area contributed by atoms with Crippen molar-refractivity contribution < 1.29 is 9.53 Å². The minimum atomic E-state index is -0.215. The van der Waals surface area contributed by atoms with Crippen LogP contribution in [0.4, 0.5) is 5.69 Å². The average Bonchev–Trinajstić information content (AvgIpc) is 2.75. The zero-order valence-corrected chi connectivity index (χ0v) is 16.6. The third kappa shape index (κ3) is 4.42. The molecule has 1 amide bonds. The molecule has 3 rings (SSSR count). The van der Waals surface area contributed by atoms with Crippen molar-refractivity contribution >= 4 is 22.4 Å². The monoisotopic (exact) mass is 373 g/mol. The van der Waals surface area contributed by atoms with Crippen LogP contribution in [-0.2, 0) is 4.79 Å². The van der Waals surface area contributed by atoms with Crippen molar-refractivity contribution in [3.8, 4) is 5.75 Å². The second kappa shape index (κ2) is 9.23. The summed E-state index contributed by atoms with van der Waals surface area (Å²) in [6, 6.07) is 22.1. The molecule has 0 spiro atoms. The van der Waals surface area contributed by atoms with Crippen molar-refractivity contribution in [1.29, 1.82) is 0 Å². The molecule has 0 aliphatic rings. The lowest BCUT2D eigenvalue weighted by Gasteiger charge is -2.26. The van der Waals surface area contributed by atoms with E-state index >= 15 is 0 Å². The van der Waals surface area contributed by atoms with Crippen LogP contribution in [-0.4, -0.2) is 19.1 Å². The number of carbonyl (C=O) groups excluding carboxylic acids is 1. The Kier molecular flexibility index (Phi) is 6.49. The number of ether oxygens (including phenoxy) is 1. The number of hydrogen-bond donors (Lipinski definition) is 0. The van der Waals surface area contributed by atoms with Gasteiger partial charge in [-0.15, -0.1) is 0 Å². The fourth-order valence-corrected chi connectivity index (χ4v) is 3.33. The smallest absolute Gasteiger partial charge is 0.234 e. The molecule has 0 heterocycles. The Bertz CT molecular complexity index is 949. The van der Waals surface area contributed by atoms with Crippen LogP contribution in [0, 0.1) is 0 Å². The summed E-state index contributed by atoms with van der Waals surface area (Å²) in [6.07, 6.45) is 2.65. The standard InChI is InChI=1S/C25H27NO2/c1-4-15-26(23-9-7-6-8-10-23)25(27)19(3)20-11-12-22-18-24(28-16-5-2)14-13-21(22)17-20/h5-14,17-19H,2,4,15-16H2,1,3H3/t19-/m0/s1. The lowest BCUT2D eigenvalue weighted by Crippen LogP contribution is -2.35. The molecule has 144 valence electrons. The van der Waals surface area contributed by atoms with Gasteiger partial charge in [-0.05, 0) is 53.9 Å². The number of rotatable bonds is 8. The minimum Gasteiger partial charge on any atom is -0.490 e. The third-order valence-corrected chi connectivity index (χ3v) is 4.86. The average molecular weight is 373 g/mol. The maximum absolute atomic E-state index is 13.2. The molecular formula is C25H27NO2. The van der Waals surface area contributed by atoms with Gasteiger partial charge in [-0.1, -0.05) is 62.0 Å². The van der Waals surface area contributed by atoms with Crippen molar-refractivity contribution in [3.63, 3.8) is 0 Å². The predicted molar refractivity (Wildman–Crippen MR) is 117 cm³/mol. The number of benzene rings is 3. The number of nitrogens with zero attached hydrogens (tertiary/aromatic N) is 1. The van der Waals surface area contributed by atoms with Crippen LogP contribution in [0.2, 0.25) is 0 Å². The van der Waals surface area contributed by atoms with E-state index in [2.05, 4.69) is 25.6 Å². The van der Waals surface area contributed by atoms with Gasteiger partial charge in [-0.3, -0.25) is 4.79 Å². The second-order valence-electron chi connectivity index (χ2n) is 6.92. The van der Waals surface area contributed by atoms with Crippen molar-refractivity contribution in [3.05, 3.63) is 84.9 Å². The second-order valence-corrected chi connectivity index (χ2v) is 6.92. The molecule has 0 saturated heterocycles. The van der Waals surface area contributed by atoms with E-state index in [-0.39, 0.29) is 11.8 Å². The Morgan fingerprint density at radius 3 is 2.50 bits per heavy atom. The molecule has 0 radical (unpaired) electrons. The van der Waals surface area contributed by atoms with Crippen molar-refractivity contribution in [2.45, 2.75) is 26.2 Å². The first-order valence-corrected chi connectivity index (χ1v) is 9.78. The van der Waals surface area contributed by atoms with E-state index in [1.807, 2.05) is 66.4 Å². The molecule has 3 heteroatoms. The largest absolute Gasteiger partial charge is 0.490 e. The number of anilines is 1. The number of fused-ring (bicyclic) bond motifs is 1. The maximum Gasteiger partial charge on any atom is 0.234 e. The molecule has 0 aromatic heterocycles. The van der Waals surface area contributed by atoms with Gasteiger partial charge < -0.3 is 9.64 Å². The Morgan fingerprint density at radius 2 is 1.79 bits per heavy atom. The van der Waals surface area contributed by atoms with Crippen LogP contribution in [0.3, 0.4) is 0 Å². The summed E-state index contributed by atoms with van der Waals surface area (Å²) in [5.41, 5.74) is 1.97. The highest BCUT2D eigenvalue weighted by atomic mass is 16.5. The molecular weight excluding hydrogens is 346 g/mol. The zero-order valence-electron chi connectivity index (χ0n) is 16.6. The fraction of sp³-hybridized carbons (Fsp3) is 0.240. The van der Waals surface area contributed by atoms with Crippen LogP contribution in [0.5, 0.6) is 5.75 Å². The fourth-order valence-electron chi connectivity index (χ4n) is 3.33. The number of para-hydroxylation sites is 1. The highest BCUT2D eigenvalue weighted by molar-refractivity contribution is 5.98. The first-order valence-electron chi connectivity index (χ1n) is 9.78. The van der Waals surface area contributed by atoms with Gasteiger partial charge in [0, 0.05) is 12.2 Å². The van der Waals surface area contributed by atoms with Crippen molar-refractivity contribution in [1.82, 2.24) is 0 Å². The normalized spacial score (nSPS) is 11.8. The summed E-state index contributed by atoms with van der Waals surface area (Å²) >= 11 is 0. The van der Waals surface area contributed by atoms with Gasteiger partial charge >= 0.3 is 0 Å². The highest BCUT2D eigenvalue weighted by Gasteiger charge is 2.23. The Morgan fingerprint density at radius 1 is 1.07 bits per heavy atom. The lowest BCUT2D eigenvalue weighted by molar-refractivity contribution is -0.119. The highest BCUT2D eigenvalue weighted by Crippen LogP contribution is 2.27. The van der Waals surface area contributed by atoms with Crippen molar-refractivity contribution in [2.75, 3.05) is 18.1 Å². The molecule has 0 N–H and O–H groups in total. The quantitative estimate of drug-likeness (QED) is 0.457. The van der Waals surface area contributed by atoms with E-state index in [1.165, 1.54) is 0 Å². The molecule has 0 fully saturated rings. The van der Waals surface area contributed by atoms with E-state index in [1.54, 1.807) is 6.08 Å². The summed E-state index contributed by atoms with van der Waals surface area (Å²) in [7, 11) is 0. The van der Waals surface area contributed by atoms with Gasteiger partial charge in [0.1, 0.15) is 12.4 Å². The lowest BCUT2D eigenvalue weighted by atomic mass is 9.96. The van der Waals surface area contributed by atoms with Crippen LogP contribution in [0.15, 0.2) is 79.4 Å². The topological polar surface area (TPSA) is 29.5 Å². The summed E-state index contributed by atoms with van der Waals surface area (Å²) < 4.78 is 5.61. The first-order chi connectivity index (χ1) is 13.6. The molecule has 3 aromatic carbocycles. The van der Waals surface area contributed by atoms with E-state index in [0.717, 1.165) is 34.2 Å². The SMILES string of the molecule is C=CCOc1ccc2cc([C@H](C)C(=O)N(CCC)c3ccccc3)ccc2c1. The van der Waals surface area contributed by atoms with Gasteiger partial charge in [0.05, 0.1) is 5.92 Å². The van der Waals surface area contributed by atoms with Gasteiger partial charge in [-0.25, -0.2) is 0 Å². The molecule has 3 nitrogen and oxygen atoms in total. The van der Waals surface area contributed by atoms with Gasteiger partial charge in [0.15, 0.2) is 0 Å². The van der Waals surface area contributed by atoms with Crippen LogP contribution < -0.4 is 9.64 Å². The van der Waals surface area contributed by atoms with Crippen LogP contribution >= 0.6 is 0 Å². The van der Waals surface area contributed by atoms with E-state index in [0.29, 0.717) is 13.2 Å². The maximum atomic E-state index is 13.2. The minimum absolute atomic E-state index is 0.123. The first kappa shape index (κ1) is 19.7. The van der Waals surface area contributed by atoms with Crippen molar-refractivity contribution in [2.24, 2.45) is 0 Å². The van der Waals surface area contributed by atoms with Gasteiger partial charge in [-0.2, -0.15) is 0 Å². The van der Waals surface area contributed by atoms with E-state index < -0.39 is 0 Å². The Labute approximate surface area is 167 Å². The van der Waals surface area contributed by atoms with Gasteiger partial charge in [0.2, 0.25) is 5.91 Å². The molecule has 1 atom stereocenters. The molecule has 0 aliphatic heterocycles. The van der Waals surface area contributed by atoms with Gasteiger partial charge in [0.25, 0.3) is 0 Å². The van der Waals surface area contributed by atoms with E-state index in [9.17, 15) is 4.79 Å². The van der Waals surface area contributed by atoms with E-state index in [4.69, 9.17) is 4.74 Å². The number of carbonyl (C=O) groups is 1. The molecule has 0 unspecified atom stereocenters. The molecule has 0 bridgehead atoms. The predicted octanol–water partition coefficient (Wildman–Crippen LogP) is 5.95.